The number of nitrogens with zero attached hydrogens (tertiary/aromatic N) is 4. The van der Waals surface area contributed by atoms with Gasteiger partial charge in [-0.1, -0.05) is 30.3 Å². The summed E-state index contributed by atoms with van der Waals surface area (Å²) in [7, 11) is 0. The number of thiocarbonyl (C=S) groups is 1. The molecule has 6 nitrogen and oxygen atoms in total. The second-order valence-electron chi connectivity index (χ2n) is 8.79. The fraction of sp³-hybridized carbons (Fsp3) is 0.100. The van der Waals surface area contributed by atoms with E-state index in [1.54, 1.807) is 0 Å². The summed E-state index contributed by atoms with van der Waals surface area (Å²) >= 11 is 5.90. The van der Waals surface area contributed by atoms with Crippen LogP contribution in [0.1, 0.15) is 29.2 Å². The Hall–Kier alpha value is -4.49. The molecular formula is C30H25N5OS. The zero-order valence-electron chi connectivity index (χ0n) is 20.0. The molecule has 1 saturated heterocycles. The monoisotopic (exact) mass is 503 g/mol. The summed E-state index contributed by atoms with van der Waals surface area (Å²) < 4.78 is 8.24. The van der Waals surface area contributed by atoms with E-state index in [4.69, 9.17) is 17.0 Å². The number of aromatic nitrogens is 3. The number of nitrogens with one attached hydrogen (secondary N) is 1. The number of para-hydroxylation sites is 1. The molecule has 0 saturated carbocycles. The number of ether oxygens (including phenoxy) is 1. The molecule has 6 rings (SSSR count). The minimum absolute atomic E-state index is 0.109. The molecule has 3 aromatic heterocycles. The first kappa shape index (κ1) is 22.9. The van der Waals surface area contributed by atoms with Crippen LogP contribution in [-0.4, -0.2) is 19.6 Å². The van der Waals surface area contributed by atoms with E-state index in [1.807, 2.05) is 103 Å². The summed E-state index contributed by atoms with van der Waals surface area (Å²) in [5, 5.41) is 4.19. The zero-order chi connectivity index (χ0) is 25.0. The first-order valence-corrected chi connectivity index (χ1v) is 12.6. The lowest BCUT2D eigenvalue weighted by atomic mass is 10.0. The molecule has 37 heavy (non-hydrogen) atoms. The van der Waals surface area contributed by atoms with Crippen LogP contribution in [0, 0.1) is 0 Å². The predicted octanol–water partition coefficient (Wildman–Crippen LogP) is 6.30. The van der Waals surface area contributed by atoms with E-state index >= 15 is 0 Å². The van der Waals surface area contributed by atoms with Gasteiger partial charge >= 0.3 is 0 Å². The van der Waals surface area contributed by atoms with Crippen LogP contribution in [0.4, 0.5) is 5.69 Å². The number of hydrogen-bond donors (Lipinski definition) is 1. The van der Waals surface area contributed by atoms with Gasteiger partial charge in [0.15, 0.2) is 5.11 Å². The largest absolute Gasteiger partial charge is 0.457 e. The van der Waals surface area contributed by atoms with Crippen LogP contribution in [0.5, 0.6) is 11.5 Å². The SMILES string of the molecule is S=C1NC(c2ccccn2)C(c2cccn2Cc2ccccn2)N1c1ccc(Oc2ccccc2)cc1. The summed E-state index contributed by atoms with van der Waals surface area (Å²) in [5.74, 6) is 1.57. The summed E-state index contributed by atoms with van der Waals surface area (Å²) in [6, 6.07) is 33.8. The van der Waals surface area contributed by atoms with Crippen LogP contribution in [0.25, 0.3) is 0 Å². The Morgan fingerprint density at radius 2 is 1.49 bits per heavy atom. The van der Waals surface area contributed by atoms with Gasteiger partial charge in [-0.3, -0.25) is 9.97 Å². The molecule has 182 valence electrons. The van der Waals surface area contributed by atoms with Crippen LogP contribution in [0.2, 0.25) is 0 Å². The molecule has 2 atom stereocenters. The van der Waals surface area contributed by atoms with Crippen molar-refractivity contribution in [2.24, 2.45) is 0 Å². The molecule has 0 radical (unpaired) electrons. The van der Waals surface area contributed by atoms with Gasteiger partial charge in [0.05, 0.1) is 24.0 Å². The Balaban J connectivity index is 1.36. The minimum atomic E-state index is -0.119. The molecule has 0 spiro atoms. The Labute approximate surface area is 221 Å². The van der Waals surface area contributed by atoms with Gasteiger partial charge < -0.3 is 19.5 Å². The van der Waals surface area contributed by atoms with Gasteiger partial charge in [-0.15, -0.1) is 0 Å². The quantitative estimate of drug-likeness (QED) is 0.263. The van der Waals surface area contributed by atoms with Crippen LogP contribution < -0.4 is 15.0 Å². The Morgan fingerprint density at radius 3 is 2.22 bits per heavy atom. The smallest absolute Gasteiger partial charge is 0.174 e. The fourth-order valence-electron chi connectivity index (χ4n) is 4.74. The third-order valence-electron chi connectivity index (χ3n) is 6.42. The van der Waals surface area contributed by atoms with E-state index in [-0.39, 0.29) is 12.1 Å². The van der Waals surface area contributed by atoms with Gasteiger partial charge in [-0.2, -0.15) is 0 Å². The number of pyridine rings is 2. The van der Waals surface area contributed by atoms with Crippen LogP contribution in [-0.2, 0) is 6.54 Å². The summed E-state index contributed by atoms with van der Waals surface area (Å²) in [4.78, 5) is 11.4. The summed E-state index contributed by atoms with van der Waals surface area (Å²) in [6.45, 7) is 0.666. The summed E-state index contributed by atoms with van der Waals surface area (Å²) in [6.07, 6.45) is 5.74. The van der Waals surface area contributed by atoms with Crippen molar-refractivity contribution in [3.05, 3.63) is 139 Å². The third-order valence-corrected chi connectivity index (χ3v) is 6.73. The average molecular weight is 504 g/mol. The second kappa shape index (κ2) is 10.2. The Bertz CT molecular complexity index is 1470. The first-order valence-electron chi connectivity index (χ1n) is 12.1. The molecular weight excluding hydrogens is 478 g/mol. The number of anilines is 1. The number of hydrogen-bond acceptors (Lipinski definition) is 4. The van der Waals surface area contributed by atoms with Gasteiger partial charge in [0.25, 0.3) is 0 Å². The minimum Gasteiger partial charge on any atom is -0.457 e. The number of rotatable bonds is 7. The lowest BCUT2D eigenvalue weighted by Gasteiger charge is -2.29. The molecule has 2 aromatic carbocycles. The van der Waals surface area contributed by atoms with Crippen molar-refractivity contribution in [3.63, 3.8) is 0 Å². The average Bonchev–Trinajstić information content (AvgIpc) is 3.54. The van der Waals surface area contributed by atoms with Crippen LogP contribution in [0.3, 0.4) is 0 Å². The molecule has 2 unspecified atom stereocenters. The molecule has 1 N–H and O–H groups in total. The summed E-state index contributed by atoms with van der Waals surface area (Å²) in [5.41, 5.74) is 4.04. The molecule has 0 amide bonds. The van der Waals surface area contributed by atoms with Crippen molar-refractivity contribution < 1.29 is 4.74 Å². The fourth-order valence-corrected chi connectivity index (χ4v) is 5.08. The Kier molecular flexibility index (Phi) is 6.35. The van der Waals surface area contributed by atoms with E-state index in [1.165, 1.54) is 0 Å². The molecule has 5 aromatic rings. The molecule has 4 heterocycles. The van der Waals surface area contributed by atoms with Crippen molar-refractivity contribution in [3.8, 4) is 11.5 Å². The molecule has 1 aliphatic rings. The lowest BCUT2D eigenvalue weighted by Crippen LogP contribution is -2.30. The molecule has 7 heteroatoms. The van der Waals surface area contributed by atoms with Crippen LogP contribution >= 0.6 is 12.2 Å². The maximum Gasteiger partial charge on any atom is 0.174 e. The van der Waals surface area contributed by atoms with E-state index in [0.717, 1.165) is 34.3 Å². The molecule has 0 aliphatic carbocycles. The molecule has 1 fully saturated rings. The van der Waals surface area contributed by atoms with Gasteiger partial charge in [-0.05, 0) is 85.0 Å². The highest BCUT2D eigenvalue weighted by Crippen LogP contribution is 2.42. The zero-order valence-corrected chi connectivity index (χ0v) is 20.8. The van der Waals surface area contributed by atoms with Crippen molar-refractivity contribution in [1.82, 2.24) is 19.9 Å². The molecule has 0 bridgehead atoms. The highest BCUT2D eigenvalue weighted by molar-refractivity contribution is 7.80. The van der Waals surface area contributed by atoms with Crippen LogP contribution in [0.15, 0.2) is 122 Å². The van der Waals surface area contributed by atoms with Crippen molar-refractivity contribution in [2.75, 3.05) is 4.90 Å². The normalized spacial score (nSPS) is 17.0. The van der Waals surface area contributed by atoms with Crippen molar-refractivity contribution >= 4 is 23.0 Å². The van der Waals surface area contributed by atoms with Crippen molar-refractivity contribution in [2.45, 2.75) is 18.6 Å². The highest BCUT2D eigenvalue weighted by Gasteiger charge is 2.42. The predicted molar refractivity (Wildman–Crippen MR) is 149 cm³/mol. The maximum atomic E-state index is 6.01. The molecule has 1 aliphatic heterocycles. The highest BCUT2D eigenvalue weighted by atomic mass is 32.1. The Morgan fingerprint density at radius 1 is 0.757 bits per heavy atom. The standard InChI is InChI=1S/C30H25N5OS/c37-30-33-28(26-12-5-7-19-32-26)29(27-13-8-20-34(27)21-22-9-4-6-18-31-22)35(30)23-14-16-25(17-15-23)36-24-10-2-1-3-11-24/h1-20,28-29H,21H2,(H,33,37). The second-order valence-corrected chi connectivity index (χ2v) is 9.17. The van der Waals surface area contributed by atoms with E-state index in [0.29, 0.717) is 11.7 Å². The number of benzene rings is 2. The van der Waals surface area contributed by atoms with Crippen molar-refractivity contribution in [1.29, 1.82) is 0 Å². The van der Waals surface area contributed by atoms with Gasteiger partial charge in [0.1, 0.15) is 17.5 Å². The van der Waals surface area contributed by atoms with Gasteiger partial charge in [-0.25, -0.2) is 0 Å². The van der Waals surface area contributed by atoms with E-state index < -0.39 is 0 Å². The third kappa shape index (κ3) is 4.81. The lowest BCUT2D eigenvalue weighted by molar-refractivity contribution is 0.482. The van der Waals surface area contributed by atoms with Gasteiger partial charge in [0.2, 0.25) is 0 Å². The topological polar surface area (TPSA) is 55.2 Å². The first-order chi connectivity index (χ1) is 18.3. The van der Waals surface area contributed by atoms with Gasteiger partial charge in [0, 0.05) is 30.0 Å². The van der Waals surface area contributed by atoms with E-state index in [2.05, 4.69) is 43.1 Å². The van der Waals surface area contributed by atoms with E-state index in [9.17, 15) is 0 Å². The maximum absolute atomic E-state index is 6.01.